The summed E-state index contributed by atoms with van der Waals surface area (Å²) in [5, 5.41) is 0. The predicted molar refractivity (Wildman–Crippen MR) is 37.1 cm³/mol. The van der Waals surface area contributed by atoms with Crippen LogP contribution in [0.25, 0.3) is 0 Å². The van der Waals surface area contributed by atoms with Crippen LogP contribution in [0, 0.1) is 0 Å². The summed E-state index contributed by atoms with van der Waals surface area (Å²) in [6.45, 7) is 2.91. The van der Waals surface area contributed by atoms with Crippen LogP contribution in [0.5, 0.6) is 0 Å². The summed E-state index contributed by atoms with van der Waals surface area (Å²) in [6.07, 6.45) is 1.37. The number of allylic oxidation sites excluding steroid dienone is 1. The Bertz CT molecular complexity index is 273. The Kier molecular flexibility index (Phi) is 3.21. The minimum Gasteiger partial charge on any atom is -0.321 e. The van der Waals surface area contributed by atoms with Gasteiger partial charge in [-0.15, -0.1) is 0 Å². The van der Waals surface area contributed by atoms with E-state index in [4.69, 9.17) is 4.55 Å². The van der Waals surface area contributed by atoms with Crippen molar-refractivity contribution in [3.63, 3.8) is 0 Å². The Labute approximate surface area is 64.6 Å². The van der Waals surface area contributed by atoms with E-state index in [9.17, 15) is 13.2 Å². The molecule has 1 N–H and O–H groups in total. The van der Waals surface area contributed by atoms with Crippen molar-refractivity contribution in [3.05, 3.63) is 11.6 Å². The van der Waals surface area contributed by atoms with Gasteiger partial charge in [0.2, 0.25) is 0 Å². The molecule has 0 unspecified atom stereocenters. The molecule has 0 amide bonds. The molecule has 0 bridgehead atoms. The second-order valence-corrected chi connectivity index (χ2v) is 2.79. The van der Waals surface area contributed by atoms with Gasteiger partial charge in [-0.1, -0.05) is 6.08 Å². The Hall–Kier alpha value is -0.880. The Morgan fingerprint density at radius 1 is 1.55 bits per heavy atom. The highest BCUT2D eigenvalue weighted by Crippen LogP contribution is 1.98. The minimum atomic E-state index is -4.67. The second-order valence-electron chi connectivity index (χ2n) is 1.77. The molecule has 11 heavy (non-hydrogen) atoms. The summed E-state index contributed by atoms with van der Waals surface area (Å²) < 4.78 is 31.5. The molecule has 0 rings (SSSR count). The van der Waals surface area contributed by atoms with Crippen LogP contribution in [0.3, 0.4) is 0 Å². The van der Waals surface area contributed by atoms with Gasteiger partial charge in [0.25, 0.3) is 0 Å². The van der Waals surface area contributed by atoms with E-state index in [0.29, 0.717) is 0 Å². The van der Waals surface area contributed by atoms with Gasteiger partial charge >= 0.3 is 16.4 Å². The van der Waals surface area contributed by atoms with E-state index in [0.717, 1.165) is 0 Å². The molecule has 6 heteroatoms. The molecule has 0 aromatic rings. The van der Waals surface area contributed by atoms with Crippen molar-refractivity contribution >= 4 is 16.4 Å². The maximum Gasteiger partial charge on any atom is 0.449 e. The third-order valence-corrected chi connectivity index (χ3v) is 1.30. The fraction of sp³-hybridized carbons (Fsp3) is 0.400. The van der Waals surface area contributed by atoms with Crippen LogP contribution in [-0.2, 0) is 19.4 Å². The minimum absolute atomic E-state index is 0.114. The third kappa shape index (κ3) is 4.51. The average molecular weight is 180 g/mol. The van der Waals surface area contributed by atoms with Gasteiger partial charge in [-0.25, -0.2) is 4.79 Å². The topological polar surface area (TPSA) is 80.7 Å². The van der Waals surface area contributed by atoms with E-state index in [-0.39, 0.29) is 5.57 Å². The maximum atomic E-state index is 10.6. The zero-order valence-electron chi connectivity index (χ0n) is 6.07. The van der Waals surface area contributed by atoms with E-state index >= 15 is 0 Å². The molecule has 0 aliphatic heterocycles. The van der Waals surface area contributed by atoms with Crippen molar-refractivity contribution < 1.29 is 21.9 Å². The lowest BCUT2D eigenvalue weighted by Crippen LogP contribution is -2.12. The summed E-state index contributed by atoms with van der Waals surface area (Å²) in [4.78, 5) is 10.6. The fourth-order valence-corrected chi connectivity index (χ4v) is 0.602. The van der Waals surface area contributed by atoms with Crippen molar-refractivity contribution in [2.75, 3.05) is 0 Å². The normalized spacial score (nSPS) is 12.8. The molecule has 0 saturated carbocycles. The van der Waals surface area contributed by atoms with Crippen LogP contribution < -0.4 is 0 Å². The molecule has 5 nitrogen and oxygen atoms in total. The van der Waals surface area contributed by atoms with E-state index in [1.807, 2.05) is 0 Å². The van der Waals surface area contributed by atoms with Crippen molar-refractivity contribution in [2.24, 2.45) is 0 Å². The van der Waals surface area contributed by atoms with Crippen molar-refractivity contribution in [1.82, 2.24) is 0 Å². The highest BCUT2D eigenvalue weighted by atomic mass is 32.3. The molecule has 0 aromatic heterocycles. The summed E-state index contributed by atoms with van der Waals surface area (Å²) in [5.41, 5.74) is 0.114. The molecule has 0 heterocycles. The number of rotatable bonds is 2. The highest BCUT2D eigenvalue weighted by molar-refractivity contribution is 7.81. The molecular formula is C5H8O5S. The van der Waals surface area contributed by atoms with Gasteiger partial charge in [0.1, 0.15) is 0 Å². The zero-order chi connectivity index (χ0) is 9.07. The first-order valence-corrected chi connectivity index (χ1v) is 4.07. The first-order valence-electron chi connectivity index (χ1n) is 2.71. The van der Waals surface area contributed by atoms with Crippen molar-refractivity contribution in [1.29, 1.82) is 0 Å². The summed E-state index contributed by atoms with van der Waals surface area (Å²) in [7, 11) is -4.67. The number of hydrogen-bond donors (Lipinski definition) is 1. The van der Waals surface area contributed by atoms with E-state index in [1.54, 1.807) is 6.92 Å². The standard InChI is InChI=1S/C5H8O5S/c1-3-4(2)5(6)10-11(7,8)9/h3H,1-2H3,(H,7,8,9). The zero-order valence-corrected chi connectivity index (χ0v) is 6.88. The lowest BCUT2D eigenvalue weighted by molar-refractivity contribution is -0.130. The van der Waals surface area contributed by atoms with Crippen LogP contribution in [0.4, 0.5) is 0 Å². The van der Waals surface area contributed by atoms with Gasteiger partial charge in [-0.3, -0.25) is 4.55 Å². The third-order valence-electron chi connectivity index (χ3n) is 0.936. The summed E-state index contributed by atoms with van der Waals surface area (Å²) in [6, 6.07) is 0. The van der Waals surface area contributed by atoms with Crippen molar-refractivity contribution in [2.45, 2.75) is 13.8 Å². The number of hydrogen-bond acceptors (Lipinski definition) is 4. The van der Waals surface area contributed by atoms with Crippen LogP contribution in [0.2, 0.25) is 0 Å². The van der Waals surface area contributed by atoms with Gasteiger partial charge in [0, 0.05) is 5.57 Å². The highest BCUT2D eigenvalue weighted by Gasteiger charge is 2.13. The largest absolute Gasteiger partial charge is 0.449 e. The molecule has 0 aliphatic carbocycles. The molecule has 0 aromatic carbocycles. The van der Waals surface area contributed by atoms with E-state index in [1.165, 1.54) is 13.0 Å². The van der Waals surface area contributed by atoms with Gasteiger partial charge < -0.3 is 4.18 Å². The first-order chi connectivity index (χ1) is 4.87. The monoisotopic (exact) mass is 180 g/mol. The van der Waals surface area contributed by atoms with Crippen LogP contribution in [0.15, 0.2) is 11.6 Å². The lowest BCUT2D eigenvalue weighted by atomic mass is 10.3. The van der Waals surface area contributed by atoms with Gasteiger partial charge in [-0.05, 0) is 13.8 Å². The molecule has 0 saturated heterocycles. The Morgan fingerprint density at radius 3 is 2.27 bits per heavy atom. The predicted octanol–water partition coefficient (Wildman–Crippen LogP) is 0.299. The number of carbonyl (C=O) groups excluding carboxylic acids is 1. The van der Waals surface area contributed by atoms with Crippen LogP contribution >= 0.6 is 0 Å². The molecule has 0 radical (unpaired) electrons. The molecule has 64 valence electrons. The Balaban J connectivity index is 4.34. The van der Waals surface area contributed by atoms with Crippen molar-refractivity contribution in [3.8, 4) is 0 Å². The lowest BCUT2D eigenvalue weighted by Gasteiger charge is -1.97. The molecule has 0 atom stereocenters. The maximum absolute atomic E-state index is 10.6. The average Bonchev–Trinajstić information content (AvgIpc) is 1.82. The van der Waals surface area contributed by atoms with Crippen LogP contribution in [-0.4, -0.2) is 18.9 Å². The number of carbonyl (C=O) groups is 1. The van der Waals surface area contributed by atoms with Gasteiger partial charge in [0.15, 0.2) is 0 Å². The Morgan fingerprint density at radius 2 is 2.00 bits per heavy atom. The van der Waals surface area contributed by atoms with Gasteiger partial charge in [-0.2, -0.15) is 8.42 Å². The SMILES string of the molecule is CC=C(C)C(=O)OS(=O)(=O)O. The molecular weight excluding hydrogens is 172 g/mol. The van der Waals surface area contributed by atoms with E-state index in [2.05, 4.69) is 4.18 Å². The quantitative estimate of drug-likeness (QED) is 0.488. The fourth-order valence-electron chi connectivity index (χ4n) is 0.279. The molecule has 0 fully saturated rings. The summed E-state index contributed by atoms with van der Waals surface area (Å²) in [5.74, 6) is -1.07. The molecule has 0 spiro atoms. The molecule has 0 aliphatic rings. The second kappa shape index (κ2) is 3.49. The smallest absolute Gasteiger partial charge is 0.321 e. The summed E-state index contributed by atoms with van der Waals surface area (Å²) >= 11 is 0. The first kappa shape index (κ1) is 10.1. The van der Waals surface area contributed by atoms with Crippen LogP contribution in [0.1, 0.15) is 13.8 Å². The van der Waals surface area contributed by atoms with Gasteiger partial charge in [0.05, 0.1) is 0 Å². The van der Waals surface area contributed by atoms with E-state index < -0.39 is 16.4 Å².